The van der Waals surface area contributed by atoms with Gasteiger partial charge in [-0.25, -0.2) is 4.98 Å². The highest BCUT2D eigenvalue weighted by Gasteiger charge is 2.38. The number of likely N-dealkylation sites (N-methyl/N-ethyl adjacent to an activating group) is 2. The molecule has 10 nitrogen and oxygen atoms in total. The van der Waals surface area contributed by atoms with Gasteiger partial charge in [0, 0.05) is 31.4 Å². The zero-order valence-electron chi connectivity index (χ0n) is 38.4. The minimum atomic E-state index is -0.419. The van der Waals surface area contributed by atoms with Crippen LogP contribution in [-0.2, 0) is 9.59 Å². The maximum Gasteiger partial charge on any atom is 0.232 e. The Morgan fingerprint density at radius 3 is 2.06 bits per heavy atom. The monoisotopic (exact) mass is 837 g/mol. The van der Waals surface area contributed by atoms with E-state index in [-0.39, 0.29) is 17.9 Å². The Balaban J connectivity index is 0.000000478. The third-order valence-corrected chi connectivity index (χ3v) is 12.2. The number of aliphatic imine (C=N–C) groups is 1. The number of imidazole rings is 1. The Labute approximate surface area is 370 Å². The van der Waals surface area contributed by atoms with Crippen molar-refractivity contribution in [3.05, 3.63) is 143 Å². The molecule has 3 N–H and O–H groups in total. The predicted octanol–water partition coefficient (Wildman–Crippen LogP) is 9.22. The number of benzene rings is 4. The molecule has 5 aromatic rings. The van der Waals surface area contributed by atoms with Crippen LogP contribution in [0.1, 0.15) is 91.7 Å². The lowest BCUT2D eigenvalue weighted by molar-refractivity contribution is -0.134. The number of amides is 1. The average Bonchev–Trinajstić information content (AvgIpc) is 3.94. The summed E-state index contributed by atoms with van der Waals surface area (Å²) < 4.78 is 0. The molecule has 1 amide bonds. The second-order valence-corrected chi connectivity index (χ2v) is 17.1. The van der Waals surface area contributed by atoms with E-state index in [1.54, 1.807) is 6.20 Å². The number of aryl methyl sites for hydroxylation is 2. The van der Waals surface area contributed by atoms with Gasteiger partial charge in [0.2, 0.25) is 5.91 Å². The first kappa shape index (κ1) is 47.4. The van der Waals surface area contributed by atoms with Gasteiger partial charge in [0.1, 0.15) is 12.1 Å². The maximum absolute atomic E-state index is 14.2. The molecule has 0 bridgehead atoms. The highest BCUT2D eigenvalue weighted by atomic mass is 16.2. The smallest absolute Gasteiger partial charge is 0.232 e. The van der Waals surface area contributed by atoms with E-state index in [1.165, 1.54) is 6.42 Å². The molecule has 3 unspecified atom stereocenters. The van der Waals surface area contributed by atoms with Gasteiger partial charge >= 0.3 is 0 Å². The van der Waals surface area contributed by atoms with E-state index in [9.17, 15) is 9.59 Å². The average molecular weight is 837 g/mol. The molecule has 0 radical (unpaired) electrons. The summed E-state index contributed by atoms with van der Waals surface area (Å²) in [5.74, 6) is 0.872. The first-order valence-electron chi connectivity index (χ1n) is 21.9. The summed E-state index contributed by atoms with van der Waals surface area (Å²) in [7, 11) is 7.91. The normalized spacial score (nSPS) is 15.4. The highest BCUT2D eigenvalue weighted by molar-refractivity contribution is 5.86. The van der Waals surface area contributed by atoms with Crippen LogP contribution >= 0.6 is 0 Å². The molecule has 1 fully saturated rings. The van der Waals surface area contributed by atoms with Gasteiger partial charge in [0.25, 0.3) is 0 Å². The van der Waals surface area contributed by atoms with Crippen molar-refractivity contribution in [3.63, 3.8) is 0 Å². The van der Waals surface area contributed by atoms with Crippen LogP contribution in [0.15, 0.2) is 114 Å². The number of aromatic nitrogens is 2. The largest absolute Gasteiger partial charge is 0.382 e. The van der Waals surface area contributed by atoms with Crippen LogP contribution in [0.2, 0.25) is 0 Å². The van der Waals surface area contributed by atoms with E-state index >= 15 is 0 Å². The van der Waals surface area contributed by atoms with Gasteiger partial charge in [0.15, 0.2) is 0 Å². The number of aromatic amines is 1. The summed E-state index contributed by atoms with van der Waals surface area (Å²) in [5, 5.41) is 6.94. The Hall–Kier alpha value is -5.68. The molecular weight excluding hydrogens is 769 g/mol. The first-order chi connectivity index (χ1) is 29.8. The molecule has 1 aromatic heterocycles. The standard InChI is InChI=1S/C41H53N7O.C11H15NO/c1-8-24-48(40(49)38(41(3,4)43-6)34-13-10-9-12-29(34)2)26-23-44-35(27-42-5)32-19-15-30(16-20-32)31-17-21-33(22-18-31)36-28-45-39(46-36)37-14-11-25-47(37)7;1-9-6-4-5-7-10(9)11(8-13)12(2)3/h9-10,12-13,15-22,27-28,37-38,43-44H,5,8,11,14,23-26H2,1-4,6-7H3,(H,45,46);4-8,11H,1-3H3/b35-27-;. The molecule has 62 heavy (non-hydrogen) atoms. The van der Waals surface area contributed by atoms with Crippen LogP contribution < -0.4 is 10.6 Å². The van der Waals surface area contributed by atoms with Crippen LogP contribution in [0, 0.1) is 13.8 Å². The van der Waals surface area contributed by atoms with E-state index in [2.05, 4.69) is 133 Å². The number of likely N-dealkylation sites (tertiary alicyclic amines) is 1. The van der Waals surface area contributed by atoms with E-state index in [1.807, 2.05) is 80.5 Å². The second-order valence-electron chi connectivity index (χ2n) is 17.1. The number of hydrogen-bond donors (Lipinski definition) is 3. The second kappa shape index (κ2) is 22.4. The molecule has 4 aromatic carbocycles. The van der Waals surface area contributed by atoms with E-state index < -0.39 is 5.54 Å². The Kier molecular flexibility index (Phi) is 17.1. The number of nitrogens with one attached hydrogen (secondary N) is 3. The molecule has 1 saturated heterocycles. The highest BCUT2D eigenvalue weighted by Crippen LogP contribution is 2.33. The van der Waals surface area contributed by atoms with Crippen molar-refractivity contribution in [3.8, 4) is 22.4 Å². The lowest BCUT2D eigenvalue weighted by Crippen LogP contribution is -2.51. The number of carbonyl (C=O) groups is 2. The molecule has 0 saturated carbocycles. The predicted molar refractivity (Wildman–Crippen MR) is 257 cm³/mol. The summed E-state index contributed by atoms with van der Waals surface area (Å²) in [6, 6.07) is 33.5. The van der Waals surface area contributed by atoms with Crippen molar-refractivity contribution in [2.75, 3.05) is 54.4 Å². The van der Waals surface area contributed by atoms with Crippen LogP contribution in [0.25, 0.3) is 28.1 Å². The van der Waals surface area contributed by atoms with Gasteiger partial charge < -0.3 is 25.3 Å². The zero-order valence-corrected chi connectivity index (χ0v) is 38.4. The van der Waals surface area contributed by atoms with Crippen molar-refractivity contribution < 1.29 is 9.59 Å². The number of hydrogen-bond acceptors (Lipinski definition) is 8. The van der Waals surface area contributed by atoms with E-state index in [0.717, 1.165) is 87.4 Å². The fourth-order valence-corrected chi connectivity index (χ4v) is 8.29. The van der Waals surface area contributed by atoms with Gasteiger partial charge in [-0.15, -0.1) is 0 Å². The Morgan fingerprint density at radius 2 is 1.53 bits per heavy atom. The van der Waals surface area contributed by atoms with Gasteiger partial charge in [0.05, 0.1) is 35.6 Å². The molecule has 2 heterocycles. The fourth-order valence-electron chi connectivity index (χ4n) is 8.29. The zero-order chi connectivity index (χ0) is 44.8. The Morgan fingerprint density at radius 1 is 0.935 bits per heavy atom. The van der Waals surface area contributed by atoms with Gasteiger partial charge in [-0.05, 0) is 133 Å². The lowest BCUT2D eigenvalue weighted by atomic mass is 9.79. The number of H-pyrrole nitrogens is 1. The Bertz CT molecular complexity index is 2240. The SMILES string of the molecule is C=N/C=C(\NCCN(CCC)C(=O)C(c1ccccc1C)C(C)(C)NC)c1ccc(-c2ccc(-c3cnc(C4CCCN4C)[nH]3)cc2)cc1.Cc1ccccc1C(C=O)N(C)C. The third kappa shape index (κ3) is 11.8. The van der Waals surface area contributed by atoms with E-state index in [4.69, 9.17) is 0 Å². The summed E-state index contributed by atoms with van der Waals surface area (Å²) in [5.41, 5.74) is 10.3. The third-order valence-electron chi connectivity index (χ3n) is 12.2. The number of rotatable bonds is 18. The first-order valence-corrected chi connectivity index (χ1v) is 21.9. The molecular formula is C52H68N8O2. The van der Waals surface area contributed by atoms with Crippen LogP contribution in [0.4, 0.5) is 0 Å². The topological polar surface area (TPSA) is 109 Å². The van der Waals surface area contributed by atoms with E-state index in [0.29, 0.717) is 25.7 Å². The summed E-state index contributed by atoms with van der Waals surface area (Å²) >= 11 is 0. The van der Waals surface area contributed by atoms with Crippen molar-refractivity contribution in [2.24, 2.45) is 4.99 Å². The maximum atomic E-state index is 14.2. The molecule has 1 aliphatic rings. The minimum Gasteiger partial charge on any atom is -0.382 e. The van der Waals surface area contributed by atoms with Crippen LogP contribution in [-0.4, -0.2) is 103 Å². The van der Waals surface area contributed by atoms with Crippen LogP contribution in [0.5, 0.6) is 0 Å². The number of nitrogens with zero attached hydrogens (tertiary/aromatic N) is 5. The van der Waals surface area contributed by atoms with Crippen molar-refractivity contribution in [1.82, 2.24) is 35.3 Å². The van der Waals surface area contributed by atoms with Crippen molar-refractivity contribution in [1.29, 1.82) is 0 Å². The molecule has 0 spiro atoms. The van der Waals surface area contributed by atoms with Gasteiger partial charge in [-0.2, -0.15) is 0 Å². The molecule has 328 valence electrons. The van der Waals surface area contributed by atoms with Gasteiger partial charge in [-0.3, -0.25) is 19.6 Å². The lowest BCUT2D eigenvalue weighted by Gasteiger charge is -2.38. The molecule has 3 atom stereocenters. The molecule has 1 aliphatic heterocycles. The summed E-state index contributed by atoms with van der Waals surface area (Å²) in [6.07, 6.45) is 7.91. The molecule has 0 aliphatic carbocycles. The fraction of sp³-hybridized carbons (Fsp3) is 0.385. The van der Waals surface area contributed by atoms with Gasteiger partial charge in [-0.1, -0.05) is 104 Å². The number of aldehydes is 1. The molecule has 10 heteroatoms. The quantitative estimate of drug-likeness (QED) is 0.0597. The minimum absolute atomic E-state index is 0.124. The van der Waals surface area contributed by atoms with Crippen LogP contribution in [0.3, 0.4) is 0 Å². The van der Waals surface area contributed by atoms with Crippen molar-refractivity contribution >= 4 is 24.6 Å². The summed E-state index contributed by atoms with van der Waals surface area (Å²) in [4.78, 5) is 43.7. The van der Waals surface area contributed by atoms with Crippen molar-refractivity contribution in [2.45, 2.75) is 77.4 Å². The summed E-state index contributed by atoms with van der Waals surface area (Å²) in [6.45, 7) is 17.1. The molecule has 6 rings (SSSR count). The number of carbonyl (C=O) groups excluding carboxylic acids is 2.